The molecule has 0 amide bonds. The van der Waals surface area contributed by atoms with Crippen LogP contribution in [0.15, 0.2) is 27.8 Å². The second-order valence-electron chi connectivity index (χ2n) is 5.18. The van der Waals surface area contributed by atoms with E-state index in [0.717, 1.165) is 18.4 Å². The van der Waals surface area contributed by atoms with Gasteiger partial charge in [-0.15, -0.1) is 11.6 Å². The van der Waals surface area contributed by atoms with Crippen molar-refractivity contribution in [3.63, 3.8) is 0 Å². The number of halogens is 1. The first-order valence-corrected chi connectivity index (χ1v) is 7.04. The molecule has 2 heterocycles. The molecule has 1 aromatic carbocycles. The molecule has 106 valence electrons. The van der Waals surface area contributed by atoms with E-state index in [2.05, 4.69) is 9.97 Å². The van der Waals surface area contributed by atoms with Crippen LogP contribution in [0.2, 0.25) is 0 Å². The summed E-state index contributed by atoms with van der Waals surface area (Å²) < 4.78 is 5.77. The highest BCUT2D eigenvalue weighted by Crippen LogP contribution is 2.35. The van der Waals surface area contributed by atoms with Gasteiger partial charge in [-0.2, -0.15) is 0 Å². The minimum atomic E-state index is -0.661. The second kappa shape index (κ2) is 5.07. The van der Waals surface area contributed by atoms with Crippen LogP contribution in [0.4, 0.5) is 0 Å². The van der Waals surface area contributed by atoms with Crippen molar-refractivity contribution >= 4 is 22.6 Å². The molecule has 3 rings (SSSR count). The quantitative estimate of drug-likeness (QED) is 0.657. The number of nitrogens with one attached hydrogen (secondary N) is 2. The number of H-pyrrole nitrogens is 2. The highest BCUT2D eigenvalue weighted by atomic mass is 35.5. The van der Waals surface area contributed by atoms with Crippen molar-refractivity contribution in [1.82, 2.24) is 9.97 Å². The van der Waals surface area contributed by atoms with Gasteiger partial charge in [-0.3, -0.25) is 9.59 Å². The van der Waals surface area contributed by atoms with Crippen molar-refractivity contribution in [3.05, 3.63) is 44.5 Å². The molecule has 6 heteroatoms. The lowest BCUT2D eigenvalue weighted by molar-refractivity contribution is 0.0533. The fourth-order valence-corrected chi connectivity index (χ4v) is 2.89. The lowest BCUT2D eigenvalue weighted by Gasteiger charge is -2.18. The molecule has 0 aliphatic carbocycles. The van der Waals surface area contributed by atoms with Crippen molar-refractivity contribution in [2.24, 2.45) is 0 Å². The summed E-state index contributed by atoms with van der Waals surface area (Å²) in [4.78, 5) is 27.7. The van der Waals surface area contributed by atoms with Crippen molar-refractivity contribution < 1.29 is 4.74 Å². The van der Waals surface area contributed by atoms with Gasteiger partial charge in [-0.1, -0.05) is 6.07 Å². The van der Waals surface area contributed by atoms with Gasteiger partial charge in [0.25, 0.3) is 0 Å². The second-order valence-corrected chi connectivity index (χ2v) is 5.65. The Bertz CT molecular complexity index is 752. The zero-order valence-corrected chi connectivity index (χ0v) is 11.7. The van der Waals surface area contributed by atoms with Gasteiger partial charge in [-0.05, 0) is 37.5 Å². The molecule has 1 aliphatic rings. The topological polar surface area (TPSA) is 75.0 Å². The minimum Gasteiger partial charge on any atom is -0.373 e. The van der Waals surface area contributed by atoms with Crippen LogP contribution in [-0.4, -0.2) is 22.2 Å². The van der Waals surface area contributed by atoms with Gasteiger partial charge in [-0.25, -0.2) is 0 Å². The van der Waals surface area contributed by atoms with E-state index in [1.54, 1.807) is 12.1 Å². The number of hydrogen-bond donors (Lipinski definition) is 2. The van der Waals surface area contributed by atoms with E-state index in [0.29, 0.717) is 11.0 Å². The Hall–Kier alpha value is -1.59. The van der Waals surface area contributed by atoms with Crippen LogP contribution in [0, 0.1) is 0 Å². The summed E-state index contributed by atoms with van der Waals surface area (Å²) in [5.41, 5.74) is 0.722. The summed E-state index contributed by atoms with van der Waals surface area (Å²) in [5, 5.41) is -0.264. The van der Waals surface area contributed by atoms with Crippen LogP contribution in [0.5, 0.6) is 0 Å². The minimum absolute atomic E-state index is 0.0152. The van der Waals surface area contributed by atoms with Crippen molar-refractivity contribution in [1.29, 1.82) is 0 Å². The summed E-state index contributed by atoms with van der Waals surface area (Å²) in [6, 6.07) is 5.38. The van der Waals surface area contributed by atoms with Crippen LogP contribution >= 0.6 is 11.6 Å². The number of fused-ring (bicyclic) bond motifs is 1. The van der Waals surface area contributed by atoms with Crippen LogP contribution in [-0.2, 0) is 4.74 Å². The first-order chi connectivity index (χ1) is 9.54. The van der Waals surface area contributed by atoms with E-state index in [-0.39, 0.29) is 17.6 Å². The number of aromatic nitrogens is 2. The lowest BCUT2D eigenvalue weighted by Crippen LogP contribution is -2.29. The maximum atomic E-state index is 11.4. The van der Waals surface area contributed by atoms with Gasteiger partial charge in [0.15, 0.2) is 0 Å². The number of hydrogen-bond acceptors (Lipinski definition) is 3. The van der Waals surface area contributed by atoms with Crippen LogP contribution in [0.25, 0.3) is 11.0 Å². The Balaban J connectivity index is 1.98. The van der Waals surface area contributed by atoms with Gasteiger partial charge in [0, 0.05) is 0 Å². The van der Waals surface area contributed by atoms with E-state index < -0.39 is 11.1 Å². The summed E-state index contributed by atoms with van der Waals surface area (Å²) in [6.45, 7) is 2.03. The molecule has 1 aromatic heterocycles. The first-order valence-electron chi connectivity index (χ1n) is 6.60. The molecule has 1 fully saturated rings. The van der Waals surface area contributed by atoms with E-state index in [1.807, 2.05) is 13.0 Å². The Morgan fingerprint density at radius 3 is 2.55 bits per heavy atom. The zero-order chi connectivity index (χ0) is 14.3. The predicted octanol–water partition coefficient (Wildman–Crippen LogP) is 2.06. The number of benzene rings is 1. The maximum Gasteiger partial charge on any atom is 0.314 e. The highest BCUT2D eigenvalue weighted by molar-refractivity contribution is 6.21. The molecular weight excluding hydrogens is 280 g/mol. The molecule has 3 unspecified atom stereocenters. The van der Waals surface area contributed by atoms with Crippen LogP contribution < -0.4 is 11.1 Å². The fraction of sp³-hybridized carbons (Fsp3) is 0.429. The molecule has 2 aromatic rings. The van der Waals surface area contributed by atoms with Crippen molar-refractivity contribution in [2.75, 3.05) is 0 Å². The number of ether oxygens (including phenoxy) is 1. The summed E-state index contributed by atoms with van der Waals surface area (Å²) in [6.07, 6.45) is 2.15. The Morgan fingerprint density at radius 2 is 1.90 bits per heavy atom. The van der Waals surface area contributed by atoms with Crippen molar-refractivity contribution in [2.45, 2.75) is 37.4 Å². The number of aromatic amines is 2. The monoisotopic (exact) mass is 294 g/mol. The van der Waals surface area contributed by atoms with Crippen molar-refractivity contribution in [3.8, 4) is 0 Å². The number of alkyl halides is 1. The van der Waals surface area contributed by atoms with Crippen LogP contribution in [0.1, 0.15) is 30.7 Å². The third-order valence-electron chi connectivity index (χ3n) is 3.66. The third-order valence-corrected chi connectivity index (χ3v) is 4.19. The number of rotatable bonds is 2. The van der Waals surface area contributed by atoms with E-state index >= 15 is 0 Å². The zero-order valence-electron chi connectivity index (χ0n) is 11.0. The summed E-state index contributed by atoms with van der Waals surface area (Å²) in [7, 11) is 0. The molecule has 20 heavy (non-hydrogen) atoms. The molecule has 1 saturated heterocycles. The molecule has 0 spiro atoms. The average molecular weight is 295 g/mol. The normalized spacial score (nSPS) is 24.1. The van der Waals surface area contributed by atoms with E-state index in [1.165, 1.54) is 0 Å². The van der Waals surface area contributed by atoms with Gasteiger partial charge >= 0.3 is 11.1 Å². The third kappa shape index (κ3) is 2.39. The maximum absolute atomic E-state index is 11.4. The molecule has 2 N–H and O–H groups in total. The molecular formula is C14H15ClN2O3. The molecule has 5 nitrogen and oxygen atoms in total. The molecule has 0 saturated carbocycles. The SMILES string of the molecule is CC1CCC(C(Cl)c2ccc3[nH]c(=O)c(=O)[nH]c3c2)O1. The predicted molar refractivity (Wildman–Crippen MR) is 77.4 cm³/mol. The van der Waals surface area contributed by atoms with Gasteiger partial charge in [0.1, 0.15) is 0 Å². The van der Waals surface area contributed by atoms with E-state index in [9.17, 15) is 9.59 Å². The molecule has 3 atom stereocenters. The molecule has 0 bridgehead atoms. The Morgan fingerprint density at radius 1 is 1.20 bits per heavy atom. The Labute approximate surface area is 119 Å². The van der Waals surface area contributed by atoms with Gasteiger partial charge in [0.2, 0.25) is 0 Å². The largest absolute Gasteiger partial charge is 0.373 e. The molecule has 0 radical (unpaired) electrons. The first kappa shape index (κ1) is 13.4. The average Bonchev–Trinajstić information content (AvgIpc) is 2.85. The lowest BCUT2D eigenvalue weighted by atomic mass is 10.0. The Kier molecular flexibility index (Phi) is 3.40. The highest BCUT2D eigenvalue weighted by Gasteiger charge is 2.29. The van der Waals surface area contributed by atoms with Gasteiger partial charge in [0.05, 0.1) is 28.6 Å². The standard InChI is InChI=1S/C14H15ClN2O3/c1-7-2-5-11(20-7)12(15)8-3-4-9-10(6-8)17-14(19)13(18)16-9/h3-4,6-7,11-12H,2,5H2,1H3,(H,16,18)(H,17,19). The fourth-order valence-electron chi connectivity index (χ4n) is 2.57. The van der Waals surface area contributed by atoms with E-state index in [4.69, 9.17) is 16.3 Å². The van der Waals surface area contributed by atoms with Crippen LogP contribution in [0.3, 0.4) is 0 Å². The summed E-state index contributed by atoms with van der Waals surface area (Å²) >= 11 is 6.46. The van der Waals surface area contributed by atoms with Gasteiger partial charge < -0.3 is 14.7 Å². The smallest absolute Gasteiger partial charge is 0.314 e. The molecule has 1 aliphatic heterocycles. The summed E-state index contributed by atoms with van der Waals surface area (Å²) in [5.74, 6) is 0.